The Morgan fingerprint density at radius 1 is 1.03 bits per heavy atom. The van der Waals surface area contributed by atoms with Gasteiger partial charge in [0.05, 0.1) is 56.2 Å². The average Bonchev–Trinajstić information content (AvgIpc) is 2.93. The van der Waals surface area contributed by atoms with Crippen molar-refractivity contribution in [1.82, 2.24) is 20.3 Å². The Kier molecular flexibility index (Phi) is 7.78. The highest BCUT2D eigenvalue weighted by molar-refractivity contribution is 5.95. The van der Waals surface area contributed by atoms with Gasteiger partial charge in [0.25, 0.3) is 5.91 Å². The molecular weight excluding hydrogens is 472 g/mol. The third-order valence-corrected chi connectivity index (χ3v) is 6.80. The zero-order valence-corrected chi connectivity index (χ0v) is 21.6. The number of fused-ring (bicyclic) bond motifs is 1. The summed E-state index contributed by atoms with van der Waals surface area (Å²) >= 11 is 0. The molecule has 2 aliphatic rings. The molecule has 0 radical (unpaired) electrons. The van der Waals surface area contributed by atoms with Crippen molar-refractivity contribution < 1.29 is 19.0 Å². The lowest BCUT2D eigenvalue weighted by molar-refractivity contribution is 0.0937. The summed E-state index contributed by atoms with van der Waals surface area (Å²) in [7, 11) is 1.61. The minimum Gasteiger partial charge on any atom is -0.383 e. The van der Waals surface area contributed by atoms with E-state index in [9.17, 15) is 4.79 Å². The second-order valence-corrected chi connectivity index (χ2v) is 9.48. The van der Waals surface area contributed by atoms with Crippen LogP contribution in [0.3, 0.4) is 0 Å². The third-order valence-electron chi connectivity index (χ3n) is 6.80. The van der Waals surface area contributed by atoms with Crippen molar-refractivity contribution in [3.05, 3.63) is 42.0 Å². The lowest BCUT2D eigenvalue weighted by Crippen LogP contribution is -2.46. The van der Waals surface area contributed by atoms with Crippen molar-refractivity contribution in [3.8, 4) is 11.3 Å². The first kappa shape index (κ1) is 25.3. The van der Waals surface area contributed by atoms with E-state index in [1.54, 1.807) is 13.2 Å². The number of nitrogens with zero attached hydrogens (tertiary/aromatic N) is 5. The van der Waals surface area contributed by atoms with Crippen LogP contribution in [0.2, 0.25) is 0 Å². The molecule has 0 spiro atoms. The van der Waals surface area contributed by atoms with Gasteiger partial charge >= 0.3 is 0 Å². The van der Waals surface area contributed by atoms with Crippen molar-refractivity contribution in [2.75, 3.05) is 69.6 Å². The predicted octanol–water partition coefficient (Wildman–Crippen LogP) is 2.52. The first-order valence-corrected chi connectivity index (χ1v) is 12.8. The largest absolute Gasteiger partial charge is 0.383 e. The highest BCUT2D eigenvalue weighted by Gasteiger charge is 2.27. The smallest absolute Gasteiger partial charge is 0.251 e. The van der Waals surface area contributed by atoms with Crippen LogP contribution >= 0.6 is 0 Å². The molecule has 0 saturated carbocycles. The second kappa shape index (κ2) is 11.4. The molecule has 2 atom stereocenters. The van der Waals surface area contributed by atoms with Crippen molar-refractivity contribution in [3.63, 3.8) is 0 Å². The minimum absolute atomic E-state index is 0.144. The molecule has 1 amide bonds. The number of aromatic nitrogens is 3. The number of nitrogens with one attached hydrogen (secondary N) is 1. The number of pyridine rings is 1. The average molecular weight is 507 g/mol. The normalized spacial score (nSPS) is 20.3. The summed E-state index contributed by atoms with van der Waals surface area (Å²) in [5.41, 5.74) is 2.80. The number of benzene rings is 1. The predicted molar refractivity (Wildman–Crippen MR) is 142 cm³/mol. The molecule has 0 bridgehead atoms. The fraction of sp³-hybridized carbons (Fsp3) is 0.481. The number of hydrogen-bond acceptors (Lipinski definition) is 9. The van der Waals surface area contributed by atoms with Crippen LogP contribution in [-0.4, -0.2) is 92.7 Å². The van der Waals surface area contributed by atoms with E-state index in [1.165, 1.54) is 0 Å². The summed E-state index contributed by atoms with van der Waals surface area (Å²) in [5.74, 6) is 1.39. The van der Waals surface area contributed by atoms with Gasteiger partial charge in [-0.15, -0.1) is 0 Å². The topological polar surface area (TPSA) is 102 Å². The van der Waals surface area contributed by atoms with Crippen LogP contribution in [0.5, 0.6) is 0 Å². The molecule has 2 aliphatic heterocycles. The van der Waals surface area contributed by atoms with E-state index in [1.807, 2.05) is 30.3 Å². The van der Waals surface area contributed by atoms with Gasteiger partial charge in [-0.1, -0.05) is 12.1 Å². The molecule has 37 heavy (non-hydrogen) atoms. The van der Waals surface area contributed by atoms with Crippen LogP contribution in [0.1, 0.15) is 24.2 Å². The molecule has 2 saturated heterocycles. The van der Waals surface area contributed by atoms with Gasteiger partial charge in [0, 0.05) is 37.9 Å². The molecule has 3 aromatic rings. The van der Waals surface area contributed by atoms with Crippen LogP contribution in [0, 0.1) is 0 Å². The number of ether oxygens (including phenoxy) is 3. The number of morpholine rings is 2. The SMILES string of the molecule is COCCNC(=O)c1cccc(-c2ccc3c(N4CCOC[C@@H]4C)nc(N4CCOC[C@@H]4C)nc3n2)c1. The van der Waals surface area contributed by atoms with Crippen LogP contribution in [-0.2, 0) is 14.2 Å². The Morgan fingerprint density at radius 2 is 1.78 bits per heavy atom. The Balaban J connectivity index is 1.55. The van der Waals surface area contributed by atoms with Gasteiger partial charge in [-0.3, -0.25) is 4.79 Å². The monoisotopic (exact) mass is 506 g/mol. The number of carbonyl (C=O) groups is 1. The van der Waals surface area contributed by atoms with E-state index in [2.05, 4.69) is 29.0 Å². The quantitative estimate of drug-likeness (QED) is 0.484. The number of hydrogen-bond donors (Lipinski definition) is 1. The third kappa shape index (κ3) is 5.51. The Hall–Kier alpha value is -3.34. The van der Waals surface area contributed by atoms with Crippen molar-refractivity contribution in [1.29, 1.82) is 0 Å². The molecule has 2 fully saturated rings. The van der Waals surface area contributed by atoms with Crippen molar-refractivity contribution in [2.45, 2.75) is 25.9 Å². The highest BCUT2D eigenvalue weighted by Crippen LogP contribution is 2.31. The van der Waals surface area contributed by atoms with E-state index in [0.29, 0.717) is 56.7 Å². The molecule has 0 aliphatic carbocycles. The molecule has 2 aromatic heterocycles. The maximum Gasteiger partial charge on any atom is 0.251 e. The van der Waals surface area contributed by atoms with Crippen LogP contribution in [0.4, 0.5) is 11.8 Å². The number of amides is 1. The lowest BCUT2D eigenvalue weighted by atomic mass is 10.1. The zero-order valence-electron chi connectivity index (χ0n) is 21.6. The van der Waals surface area contributed by atoms with Gasteiger partial charge in [-0.2, -0.15) is 9.97 Å². The van der Waals surface area contributed by atoms with Gasteiger partial charge in [0.2, 0.25) is 5.95 Å². The summed E-state index contributed by atoms with van der Waals surface area (Å²) in [4.78, 5) is 32.0. The van der Waals surface area contributed by atoms with Crippen LogP contribution in [0.15, 0.2) is 36.4 Å². The molecule has 1 N–H and O–H groups in total. The zero-order chi connectivity index (χ0) is 25.8. The number of carbonyl (C=O) groups excluding carboxylic acids is 1. The van der Waals surface area contributed by atoms with Gasteiger partial charge < -0.3 is 29.3 Å². The summed E-state index contributed by atoms with van der Waals surface area (Å²) in [6, 6.07) is 11.8. The summed E-state index contributed by atoms with van der Waals surface area (Å²) in [6.45, 7) is 9.26. The molecular formula is C27H34N6O4. The molecule has 4 heterocycles. The molecule has 10 heteroatoms. The second-order valence-electron chi connectivity index (χ2n) is 9.48. The summed E-state index contributed by atoms with van der Waals surface area (Å²) in [5, 5.41) is 3.77. The van der Waals surface area contributed by atoms with Gasteiger partial charge in [-0.05, 0) is 38.1 Å². The lowest BCUT2D eigenvalue weighted by Gasteiger charge is -2.37. The Bertz CT molecular complexity index is 1250. The Labute approximate surface area is 216 Å². The van der Waals surface area contributed by atoms with Crippen LogP contribution < -0.4 is 15.1 Å². The van der Waals surface area contributed by atoms with Crippen molar-refractivity contribution in [2.24, 2.45) is 0 Å². The van der Waals surface area contributed by atoms with Crippen molar-refractivity contribution >= 4 is 28.7 Å². The number of methoxy groups -OCH3 is 1. The molecule has 196 valence electrons. The van der Waals surface area contributed by atoms with E-state index in [4.69, 9.17) is 29.2 Å². The van der Waals surface area contributed by atoms with Crippen LogP contribution in [0.25, 0.3) is 22.3 Å². The number of anilines is 2. The number of rotatable bonds is 7. The molecule has 1 aromatic carbocycles. The molecule has 0 unspecified atom stereocenters. The Morgan fingerprint density at radius 3 is 2.51 bits per heavy atom. The standard InChI is InChI=1S/C27H34N6O4/c1-18-16-36-13-10-32(18)25-22-7-8-23(20-5-4-6-21(15-20)26(34)28-9-12-35-3)29-24(22)30-27(31-25)33-11-14-37-17-19(33)2/h4-8,15,18-19H,9-14,16-17H2,1-3H3,(H,28,34)/t18-,19-/m0/s1. The van der Waals surface area contributed by atoms with Gasteiger partial charge in [-0.25, -0.2) is 4.98 Å². The first-order valence-electron chi connectivity index (χ1n) is 12.8. The van der Waals surface area contributed by atoms with E-state index < -0.39 is 0 Å². The van der Waals surface area contributed by atoms with Gasteiger partial charge in [0.1, 0.15) is 5.82 Å². The maximum atomic E-state index is 12.6. The maximum absolute atomic E-state index is 12.6. The first-order chi connectivity index (χ1) is 18.0. The van der Waals surface area contributed by atoms with E-state index in [0.717, 1.165) is 35.6 Å². The summed E-state index contributed by atoms with van der Waals surface area (Å²) in [6.07, 6.45) is 0. The highest BCUT2D eigenvalue weighted by atomic mass is 16.5. The minimum atomic E-state index is -0.144. The fourth-order valence-electron chi connectivity index (χ4n) is 4.75. The summed E-state index contributed by atoms with van der Waals surface area (Å²) < 4.78 is 16.3. The van der Waals surface area contributed by atoms with Gasteiger partial charge in [0.15, 0.2) is 5.65 Å². The van der Waals surface area contributed by atoms with E-state index >= 15 is 0 Å². The van der Waals surface area contributed by atoms with E-state index in [-0.39, 0.29) is 18.0 Å². The fourth-order valence-corrected chi connectivity index (χ4v) is 4.75. The molecule has 5 rings (SSSR count). The molecule has 10 nitrogen and oxygen atoms in total.